The van der Waals surface area contributed by atoms with E-state index in [-0.39, 0.29) is 0 Å². The van der Waals surface area contributed by atoms with Gasteiger partial charge in [-0.2, -0.15) is 0 Å². The maximum Gasteiger partial charge on any atom is 0.137 e. The van der Waals surface area contributed by atoms with Gasteiger partial charge >= 0.3 is 0 Å². The quantitative estimate of drug-likeness (QED) is 0.689. The Labute approximate surface area is 75.4 Å². The van der Waals surface area contributed by atoms with Crippen LogP contribution in [0.25, 0.3) is 11.0 Å². The lowest BCUT2D eigenvalue weighted by molar-refractivity contribution is 0.153. The summed E-state index contributed by atoms with van der Waals surface area (Å²) in [6.07, 6.45) is 5.36. The zero-order chi connectivity index (χ0) is 8.89. The molecule has 0 unspecified atom stereocenters. The first-order valence-corrected chi connectivity index (χ1v) is 4.45. The Balaban J connectivity index is 2.30. The number of hydrogen-bond acceptors (Lipinski definition) is 2. The van der Waals surface area contributed by atoms with E-state index in [4.69, 9.17) is 0 Å². The zero-order valence-electron chi connectivity index (χ0n) is 7.12. The van der Waals surface area contributed by atoms with Crippen LogP contribution in [0, 0.1) is 0 Å². The summed E-state index contributed by atoms with van der Waals surface area (Å²) < 4.78 is 0. The summed E-state index contributed by atoms with van der Waals surface area (Å²) in [5.74, 6) is 0. The smallest absolute Gasteiger partial charge is 0.137 e. The molecule has 2 aromatic heterocycles. The predicted molar refractivity (Wildman–Crippen MR) is 49.2 cm³/mol. The van der Waals surface area contributed by atoms with Crippen LogP contribution >= 0.6 is 0 Å². The Kier molecular flexibility index (Phi) is 1.15. The third-order valence-electron chi connectivity index (χ3n) is 2.68. The van der Waals surface area contributed by atoms with Crippen LogP contribution < -0.4 is 0 Å². The fraction of sp³-hybridized carbons (Fsp3) is 0.300. The molecule has 0 aromatic carbocycles. The zero-order valence-corrected chi connectivity index (χ0v) is 7.12. The Morgan fingerprint density at radius 3 is 3.08 bits per heavy atom. The summed E-state index contributed by atoms with van der Waals surface area (Å²) in [7, 11) is 0. The highest BCUT2D eigenvalue weighted by atomic mass is 16.3. The van der Waals surface area contributed by atoms with Crippen LogP contribution in [-0.2, 0) is 5.60 Å². The summed E-state index contributed by atoms with van der Waals surface area (Å²) >= 11 is 0. The first-order valence-electron chi connectivity index (χ1n) is 4.45. The summed E-state index contributed by atoms with van der Waals surface area (Å²) in [5, 5.41) is 11.0. The van der Waals surface area contributed by atoms with Crippen LogP contribution in [0.1, 0.15) is 18.4 Å². The minimum atomic E-state index is -0.568. The van der Waals surface area contributed by atoms with Crippen molar-refractivity contribution in [1.82, 2.24) is 9.97 Å². The van der Waals surface area contributed by atoms with Gasteiger partial charge in [0.25, 0.3) is 0 Å². The van der Waals surface area contributed by atoms with Crippen molar-refractivity contribution < 1.29 is 5.11 Å². The van der Waals surface area contributed by atoms with Crippen molar-refractivity contribution in [2.24, 2.45) is 0 Å². The second-order valence-corrected chi connectivity index (χ2v) is 3.63. The van der Waals surface area contributed by atoms with Gasteiger partial charge in [0.15, 0.2) is 0 Å². The molecule has 0 atom stereocenters. The van der Waals surface area contributed by atoms with Gasteiger partial charge in [-0.3, -0.25) is 0 Å². The minimum absolute atomic E-state index is 0.568. The summed E-state index contributed by atoms with van der Waals surface area (Å²) in [5.41, 5.74) is 1.29. The number of hydrogen-bond donors (Lipinski definition) is 2. The average molecular weight is 174 g/mol. The number of nitrogens with one attached hydrogen (secondary N) is 1. The molecule has 1 aliphatic rings. The monoisotopic (exact) mass is 174 g/mol. The van der Waals surface area contributed by atoms with E-state index in [1.54, 1.807) is 6.20 Å². The van der Waals surface area contributed by atoms with Crippen molar-refractivity contribution in [2.45, 2.75) is 18.4 Å². The maximum absolute atomic E-state index is 9.94. The molecule has 3 nitrogen and oxygen atoms in total. The second kappa shape index (κ2) is 2.12. The van der Waals surface area contributed by atoms with Gasteiger partial charge in [-0.25, -0.2) is 4.98 Å². The molecule has 66 valence electrons. The number of aromatic amines is 1. The molecule has 2 heterocycles. The van der Waals surface area contributed by atoms with Gasteiger partial charge in [-0.05, 0) is 25.0 Å². The van der Waals surface area contributed by atoms with Gasteiger partial charge in [-0.1, -0.05) is 0 Å². The lowest BCUT2D eigenvalue weighted by Crippen LogP contribution is -2.02. The molecule has 0 bridgehead atoms. The molecule has 3 heteroatoms. The van der Waals surface area contributed by atoms with Gasteiger partial charge < -0.3 is 10.1 Å². The topological polar surface area (TPSA) is 48.9 Å². The Hall–Kier alpha value is -1.35. The van der Waals surface area contributed by atoms with E-state index in [2.05, 4.69) is 9.97 Å². The predicted octanol–water partition coefficient (Wildman–Crippen LogP) is 1.54. The van der Waals surface area contributed by atoms with E-state index in [9.17, 15) is 5.11 Å². The first kappa shape index (κ1) is 7.09. The summed E-state index contributed by atoms with van der Waals surface area (Å²) in [6.45, 7) is 0. The molecule has 13 heavy (non-hydrogen) atoms. The van der Waals surface area contributed by atoms with E-state index in [1.165, 1.54) is 0 Å². The Morgan fingerprint density at radius 2 is 2.31 bits per heavy atom. The van der Waals surface area contributed by atoms with Crippen LogP contribution in [0.2, 0.25) is 0 Å². The molecular weight excluding hydrogens is 164 g/mol. The molecule has 0 aliphatic heterocycles. The number of aromatic nitrogens is 2. The van der Waals surface area contributed by atoms with Crippen LogP contribution in [0.15, 0.2) is 24.5 Å². The van der Waals surface area contributed by atoms with Gasteiger partial charge in [-0.15, -0.1) is 0 Å². The fourth-order valence-electron chi connectivity index (χ4n) is 1.73. The first-order chi connectivity index (χ1) is 6.30. The largest absolute Gasteiger partial charge is 0.385 e. The highest BCUT2D eigenvalue weighted by Gasteiger charge is 2.43. The van der Waals surface area contributed by atoms with Crippen molar-refractivity contribution in [3.05, 3.63) is 30.1 Å². The summed E-state index contributed by atoms with van der Waals surface area (Å²) in [6, 6.07) is 3.88. The van der Waals surface area contributed by atoms with Crippen molar-refractivity contribution in [3.63, 3.8) is 0 Å². The van der Waals surface area contributed by atoms with E-state index in [1.807, 2.05) is 18.3 Å². The van der Waals surface area contributed by atoms with E-state index >= 15 is 0 Å². The maximum atomic E-state index is 9.94. The SMILES string of the molecule is OC1(c2c[nH]c3ncccc23)CC1. The number of aliphatic hydroxyl groups is 1. The third-order valence-corrected chi connectivity index (χ3v) is 2.68. The number of pyridine rings is 1. The minimum Gasteiger partial charge on any atom is -0.385 e. The number of H-pyrrole nitrogens is 1. The van der Waals surface area contributed by atoms with Gasteiger partial charge in [0.1, 0.15) is 5.65 Å². The normalized spacial score (nSPS) is 19.2. The average Bonchev–Trinajstić information content (AvgIpc) is 2.76. The molecule has 3 rings (SSSR count). The standard InChI is InChI=1S/C10H10N2O/c13-10(3-4-10)8-6-12-9-7(8)2-1-5-11-9/h1-2,5-6,13H,3-4H2,(H,11,12). The molecule has 1 aliphatic carbocycles. The molecule has 2 N–H and O–H groups in total. The molecule has 0 amide bonds. The Bertz CT molecular complexity index is 457. The number of rotatable bonds is 1. The van der Waals surface area contributed by atoms with Crippen LogP contribution in [-0.4, -0.2) is 15.1 Å². The molecular formula is C10H10N2O. The third kappa shape index (κ3) is 0.906. The van der Waals surface area contributed by atoms with Crippen molar-refractivity contribution in [3.8, 4) is 0 Å². The van der Waals surface area contributed by atoms with Crippen molar-refractivity contribution in [1.29, 1.82) is 0 Å². The number of fused-ring (bicyclic) bond motifs is 1. The highest BCUT2D eigenvalue weighted by Crippen LogP contribution is 2.47. The van der Waals surface area contributed by atoms with E-state index < -0.39 is 5.60 Å². The van der Waals surface area contributed by atoms with Crippen LogP contribution in [0.3, 0.4) is 0 Å². The van der Waals surface area contributed by atoms with E-state index in [0.29, 0.717) is 0 Å². The molecule has 0 spiro atoms. The van der Waals surface area contributed by atoms with Gasteiger partial charge in [0.2, 0.25) is 0 Å². The molecule has 0 saturated heterocycles. The van der Waals surface area contributed by atoms with Crippen LogP contribution in [0.4, 0.5) is 0 Å². The second-order valence-electron chi connectivity index (χ2n) is 3.63. The molecule has 0 radical (unpaired) electrons. The van der Waals surface area contributed by atoms with Gasteiger partial charge in [0.05, 0.1) is 5.60 Å². The number of nitrogens with zero attached hydrogens (tertiary/aromatic N) is 1. The van der Waals surface area contributed by atoms with Crippen molar-refractivity contribution >= 4 is 11.0 Å². The van der Waals surface area contributed by atoms with Crippen molar-refractivity contribution in [2.75, 3.05) is 0 Å². The Morgan fingerprint density at radius 1 is 1.46 bits per heavy atom. The van der Waals surface area contributed by atoms with Crippen LogP contribution in [0.5, 0.6) is 0 Å². The molecule has 1 fully saturated rings. The van der Waals surface area contributed by atoms with Gasteiger partial charge in [0, 0.05) is 23.3 Å². The molecule has 2 aromatic rings. The van der Waals surface area contributed by atoms with E-state index in [0.717, 1.165) is 29.4 Å². The fourth-order valence-corrected chi connectivity index (χ4v) is 1.73. The lowest BCUT2D eigenvalue weighted by Gasteiger charge is -2.04. The summed E-state index contributed by atoms with van der Waals surface area (Å²) in [4.78, 5) is 7.24. The highest BCUT2D eigenvalue weighted by molar-refractivity contribution is 5.81. The lowest BCUT2D eigenvalue weighted by atomic mass is 10.1. The molecule has 1 saturated carbocycles.